The van der Waals surface area contributed by atoms with E-state index in [2.05, 4.69) is 22.3 Å². The van der Waals surface area contributed by atoms with E-state index < -0.39 is 0 Å². The number of carbonyl (C=O) groups excluding carboxylic acids is 1. The Bertz CT molecular complexity index is 780. The molecule has 2 aromatic carbocycles. The average molecular weight is 354 g/mol. The molecule has 2 aromatic rings. The Labute approximate surface area is 154 Å². The summed E-state index contributed by atoms with van der Waals surface area (Å²) in [5, 5.41) is 5.27. The number of hydrogen-bond donors (Lipinski definition) is 1. The SMILES string of the molecule is CO[C@@H]1CN(CC(=O)Nc2cccc3ccccc23)CC[C@]12CCCO2. The quantitative estimate of drug-likeness (QED) is 0.917. The number of nitrogens with zero attached hydrogens (tertiary/aromatic N) is 1. The van der Waals surface area contributed by atoms with E-state index in [1.807, 2.05) is 30.3 Å². The molecule has 5 heteroatoms. The Kier molecular flexibility index (Phi) is 4.94. The van der Waals surface area contributed by atoms with E-state index in [1.54, 1.807) is 7.11 Å². The summed E-state index contributed by atoms with van der Waals surface area (Å²) in [5.74, 6) is 0.0134. The molecule has 2 aliphatic rings. The summed E-state index contributed by atoms with van der Waals surface area (Å²) < 4.78 is 11.7. The van der Waals surface area contributed by atoms with Crippen LogP contribution in [0, 0.1) is 0 Å². The van der Waals surface area contributed by atoms with Crippen LogP contribution in [-0.2, 0) is 14.3 Å². The molecule has 138 valence electrons. The predicted octanol–water partition coefficient (Wildman–Crippen LogP) is 3.05. The molecule has 1 N–H and O–H groups in total. The molecule has 2 fully saturated rings. The topological polar surface area (TPSA) is 50.8 Å². The first-order valence-electron chi connectivity index (χ1n) is 9.37. The highest BCUT2D eigenvalue weighted by molar-refractivity contribution is 6.02. The Balaban J connectivity index is 1.41. The van der Waals surface area contributed by atoms with E-state index in [0.717, 1.165) is 55.4 Å². The average Bonchev–Trinajstić information content (AvgIpc) is 3.13. The van der Waals surface area contributed by atoms with Crippen molar-refractivity contribution in [1.29, 1.82) is 0 Å². The third-order valence-electron chi connectivity index (χ3n) is 5.71. The molecule has 26 heavy (non-hydrogen) atoms. The number of rotatable bonds is 4. The van der Waals surface area contributed by atoms with Crippen molar-refractivity contribution in [3.05, 3.63) is 42.5 Å². The summed E-state index contributed by atoms with van der Waals surface area (Å²) in [6.07, 6.45) is 3.11. The Hall–Kier alpha value is -1.95. The molecule has 0 aromatic heterocycles. The molecule has 2 heterocycles. The van der Waals surface area contributed by atoms with E-state index in [-0.39, 0.29) is 17.6 Å². The van der Waals surface area contributed by atoms with Crippen LogP contribution in [0.4, 0.5) is 5.69 Å². The first kappa shape index (κ1) is 17.5. The summed E-state index contributed by atoms with van der Waals surface area (Å²) in [7, 11) is 1.74. The second kappa shape index (κ2) is 7.35. The van der Waals surface area contributed by atoms with Gasteiger partial charge in [-0.1, -0.05) is 36.4 Å². The Morgan fingerprint density at radius 1 is 1.27 bits per heavy atom. The first-order chi connectivity index (χ1) is 12.7. The lowest BCUT2D eigenvalue weighted by molar-refractivity contribution is -0.145. The van der Waals surface area contributed by atoms with Gasteiger partial charge in [-0.05, 0) is 30.7 Å². The van der Waals surface area contributed by atoms with Gasteiger partial charge in [0.2, 0.25) is 5.91 Å². The normalized spacial score (nSPS) is 26.4. The van der Waals surface area contributed by atoms with Gasteiger partial charge in [0.25, 0.3) is 0 Å². The molecule has 1 spiro atoms. The zero-order chi connectivity index (χ0) is 18.0. The Morgan fingerprint density at radius 2 is 2.12 bits per heavy atom. The highest BCUT2D eigenvalue weighted by Gasteiger charge is 2.46. The molecular weight excluding hydrogens is 328 g/mol. The van der Waals surface area contributed by atoms with Crippen LogP contribution in [-0.4, -0.2) is 55.9 Å². The monoisotopic (exact) mass is 354 g/mol. The van der Waals surface area contributed by atoms with Crippen LogP contribution in [0.5, 0.6) is 0 Å². The van der Waals surface area contributed by atoms with Crippen molar-refractivity contribution in [3.8, 4) is 0 Å². The van der Waals surface area contributed by atoms with E-state index >= 15 is 0 Å². The van der Waals surface area contributed by atoms with Crippen molar-refractivity contribution in [2.75, 3.05) is 38.7 Å². The number of likely N-dealkylation sites (tertiary alicyclic amines) is 1. The third-order valence-corrected chi connectivity index (χ3v) is 5.71. The van der Waals surface area contributed by atoms with Gasteiger partial charge in [-0.3, -0.25) is 9.69 Å². The van der Waals surface area contributed by atoms with Gasteiger partial charge >= 0.3 is 0 Å². The third kappa shape index (κ3) is 3.34. The number of ether oxygens (including phenoxy) is 2. The minimum atomic E-state index is -0.142. The smallest absolute Gasteiger partial charge is 0.238 e. The highest BCUT2D eigenvalue weighted by atomic mass is 16.5. The van der Waals surface area contributed by atoms with E-state index in [9.17, 15) is 4.79 Å². The number of nitrogens with one attached hydrogen (secondary N) is 1. The van der Waals surface area contributed by atoms with Gasteiger partial charge in [0.15, 0.2) is 0 Å². The van der Waals surface area contributed by atoms with Crippen LogP contribution in [0.2, 0.25) is 0 Å². The van der Waals surface area contributed by atoms with Gasteiger partial charge in [-0.15, -0.1) is 0 Å². The van der Waals surface area contributed by atoms with E-state index in [4.69, 9.17) is 9.47 Å². The van der Waals surface area contributed by atoms with Crippen molar-refractivity contribution in [3.63, 3.8) is 0 Å². The van der Waals surface area contributed by atoms with E-state index in [0.29, 0.717) is 6.54 Å². The maximum absolute atomic E-state index is 12.6. The van der Waals surface area contributed by atoms with Gasteiger partial charge < -0.3 is 14.8 Å². The zero-order valence-electron chi connectivity index (χ0n) is 15.2. The number of methoxy groups -OCH3 is 1. The maximum Gasteiger partial charge on any atom is 0.238 e. The van der Waals surface area contributed by atoms with Crippen LogP contribution >= 0.6 is 0 Å². The van der Waals surface area contributed by atoms with Gasteiger partial charge in [0.1, 0.15) is 0 Å². The summed E-state index contributed by atoms with van der Waals surface area (Å²) in [4.78, 5) is 14.8. The van der Waals surface area contributed by atoms with Gasteiger partial charge in [0.05, 0.1) is 18.2 Å². The molecule has 0 aliphatic carbocycles. The molecular formula is C21H26N2O3. The van der Waals surface area contributed by atoms with Crippen molar-refractivity contribution < 1.29 is 14.3 Å². The lowest BCUT2D eigenvalue weighted by Gasteiger charge is -2.44. The number of fused-ring (bicyclic) bond motifs is 1. The molecule has 1 amide bonds. The molecule has 0 radical (unpaired) electrons. The fraction of sp³-hybridized carbons (Fsp3) is 0.476. The molecule has 2 aliphatic heterocycles. The number of amides is 1. The number of carbonyl (C=O) groups is 1. The second-order valence-electron chi connectivity index (χ2n) is 7.30. The summed E-state index contributed by atoms with van der Waals surface area (Å²) >= 11 is 0. The minimum absolute atomic E-state index is 0.0134. The minimum Gasteiger partial charge on any atom is -0.377 e. The van der Waals surface area contributed by atoms with E-state index in [1.165, 1.54) is 0 Å². The van der Waals surface area contributed by atoms with Crippen molar-refractivity contribution in [1.82, 2.24) is 4.90 Å². The molecule has 0 unspecified atom stereocenters. The van der Waals surface area contributed by atoms with Crippen LogP contribution in [0.1, 0.15) is 19.3 Å². The standard InChI is InChI=1S/C21H26N2O3/c1-25-19-14-23(12-11-21(19)10-5-13-26-21)15-20(24)22-18-9-4-7-16-6-2-3-8-17(16)18/h2-4,6-9,19H,5,10-15H2,1H3,(H,22,24)/t19-,21-/m1/s1. The molecule has 4 rings (SSSR count). The van der Waals surface area contributed by atoms with Crippen molar-refractivity contribution in [2.45, 2.75) is 31.0 Å². The number of piperidine rings is 1. The summed E-state index contributed by atoms with van der Waals surface area (Å²) in [5.41, 5.74) is 0.723. The zero-order valence-corrected chi connectivity index (χ0v) is 15.2. The largest absolute Gasteiger partial charge is 0.377 e. The lowest BCUT2D eigenvalue weighted by Crippen LogP contribution is -2.57. The molecule has 5 nitrogen and oxygen atoms in total. The lowest BCUT2D eigenvalue weighted by atomic mass is 9.86. The Morgan fingerprint density at radius 3 is 2.92 bits per heavy atom. The number of benzene rings is 2. The van der Waals surface area contributed by atoms with Crippen LogP contribution < -0.4 is 5.32 Å². The molecule has 0 saturated carbocycles. The van der Waals surface area contributed by atoms with Gasteiger partial charge in [-0.25, -0.2) is 0 Å². The molecule has 2 saturated heterocycles. The fourth-order valence-corrected chi connectivity index (χ4v) is 4.33. The van der Waals surface area contributed by atoms with Crippen LogP contribution in [0.3, 0.4) is 0 Å². The number of anilines is 1. The van der Waals surface area contributed by atoms with Gasteiger partial charge in [-0.2, -0.15) is 0 Å². The first-order valence-corrected chi connectivity index (χ1v) is 9.37. The maximum atomic E-state index is 12.6. The van der Waals surface area contributed by atoms with Crippen molar-refractivity contribution in [2.24, 2.45) is 0 Å². The highest BCUT2D eigenvalue weighted by Crippen LogP contribution is 2.37. The summed E-state index contributed by atoms with van der Waals surface area (Å²) in [6.45, 7) is 2.79. The summed E-state index contributed by atoms with van der Waals surface area (Å²) in [6, 6.07) is 14.1. The fourth-order valence-electron chi connectivity index (χ4n) is 4.33. The predicted molar refractivity (Wildman–Crippen MR) is 102 cm³/mol. The van der Waals surface area contributed by atoms with Crippen molar-refractivity contribution >= 4 is 22.4 Å². The molecule has 0 bridgehead atoms. The number of hydrogen-bond acceptors (Lipinski definition) is 4. The van der Waals surface area contributed by atoms with Crippen LogP contribution in [0.15, 0.2) is 42.5 Å². The van der Waals surface area contributed by atoms with Gasteiger partial charge in [0, 0.05) is 37.9 Å². The van der Waals surface area contributed by atoms with Crippen LogP contribution in [0.25, 0.3) is 10.8 Å². The second-order valence-corrected chi connectivity index (χ2v) is 7.30. The molecule has 2 atom stereocenters.